The summed E-state index contributed by atoms with van der Waals surface area (Å²) in [6.07, 6.45) is 7.43. The highest BCUT2D eigenvalue weighted by molar-refractivity contribution is 9.10. The SMILES string of the molecule is C[C@H](/C=C/CCn1cc(C(CO)c2ccccc2)nn1)[C@@]1(O)C(=O)N(Cc2cccc(N3C(=O)CCc4ccccc43)c2)c2ccc(Br)cc21. The zero-order valence-electron chi connectivity index (χ0n) is 27.7. The van der Waals surface area contributed by atoms with Gasteiger partial charge in [-0.3, -0.25) is 19.2 Å². The molecule has 0 bridgehead atoms. The van der Waals surface area contributed by atoms with Crippen molar-refractivity contribution in [2.24, 2.45) is 5.92 Å². The quantitative estimate of drug-likeness (QED) is 0.145. The van der Waals surface area contributed by atoms with Crippen LogP contribution in [-0.4, -0.2) is 43.6 Å². The van der Waals surface area contributed by atoms with E-state index in [1.165, 1.54) is 0 Å². The number of hydrogen-bond donors (Lipinski definition) is 2. The molecule has 2 amide bonds. The Labute approximate surface area is 299 Å². The number of aliphatic hydroxyl groups is 2. The second-order valence-corrected chi connectivity index (χ2v) is 13.8. The molecule has 1 aromatic heterocycles. The van der Waals surface area contributed by atoms with Gasteiger partial charge in [-0.1, -0.05) is 101 Å². The molecule has 4 aromatic carbocycles. The minimum absolute atomic E-state index is 0.0362. The lowest BCUT2D eigenvalue weighted by Crippen LogP contribution is -2.44. The number of hydrogen-bond acceptors (Lipinski definition) is 6. The van der Waals surface area contributed by atoms with Crippen LogP contribution in [0, 0.1) is 5.92 Å². The molecule has 0 spiro atoms. The van der Waals surface area contributed by atoms with Crippen molar-refractivity contribution in [2.45, 2.75) is 50.8 Å². The standard InChI is InChI=1S/C40H38BrN5O4/c1-27(10-7-8-21-44-25-35(42-43-44)33(26-47)29-12-3-2-4-13-29)40(50)34-23-31(41)18-19-37(34)45(39(40)49)24-28-11-9-15-32(22-28)46-36-16-6-5-14-30(36)17-20-38(46)48/h2-7,9-16,18-19,22-23,25,27,33,47,50H,8,17,20-21,24,26H2,1H3/b10-7+/t27-,33?,40+/m1/s1. The molecule has 7 rings (SSSR count). The Bertz CT molecular complexity index is 2060. The maximum absolute atomic E-state index is 14.2. The van der Waals surface area contributed by atoms with Crippen LogP contribution in [0.5, 0.6) is 0 Å². The first-order valence-electron chi connectivity index (χ1n) is 16.8. The van der Waals surface area contributed by atoms with Gasteiger partial charge in [-0.2, -0.15) is 0 Å². The predicted octanol–water partition coefficient (Wildman–Crippen LogP) is 6.79. The Morgan fingerprint density at radius 1 is 0.940 bits per heavy atom. The van der Waals surface area contributed by atoms with Gasteiger partial charge in [0.05, 0.1) is 36.1 Å². The van der Waals surface area contributed by atoms with Gasteiger partial charge in [-0.05, 0) is 65.9 Å². The van der Waals surface area contributed by atoms with Crippen molar-refractivity contribution in [1.82, 2.24) is 15.0 Å². The molecule has 0 saturated carbocycles. The van der Waals surface area contributed by atoms with E-state index in [0.717, 1.165) is 32.5 Å². The number of fused-ring (bicyclic) bond motifs is 2. The molecule has 9 nitrogen and oxygen atoms in total. The van der Waals surface area contributed by atoms with E-state index in [2.05, 4.69) is 32.3 Å². The minimum atomic E-state index is -1.78. The van der Waals surface area contributed by atoms with Crippen molar-refractivity contribution in [3.63, 3.8) is 0 Å². The molecule has 2 N–H and O–H groups in total. The summed E-state index contributed by atoms with van der Waals surface area (Å²) < 4.78 is 2.51. The van der Waals surface area contributed by atoms with E-state index in [1.807, 2.05) is 116 Å². The highest BCUT2D eigenvalue weighted by Crippen LogP contribution is 2.47. The molecule has 3 atom stereocenters. The first-order valence-corrected chi connectivity index (χ1v) is 17.6. The Hall–Kier alpha value is -4.90. The van der Waals surface area contributed by atoms with E-state index >= 15 is 0 Å². The molecule has 3 heterocycles. The van der Waals surface area contributed by atoms with Crippen molar-refractivity contribution in [1.29, 1.82) is 0 Å². The van der Waals surface area contributed by atoms with Crippen molar-refractivity contribution in [3.05, 3.63) is 148 Å². The van der Waals surface area contributed by atoms with Crippen molar-refractivity contribution >= 4 is 44.8 Å². The van der Waals surface area contributed by atoms with E-state index in [0.29, 0.717) is 42.8 Å². The molecule has 2 aliphatic heterocycles. The van der Waals surface area contributed by atoms with Crippen molar-refractivity contribution in [2.75, 3.05) is 16.4 Å². The predicted molar refractivity (Wildman–Crippen MR) is 196 cm³/mol. The molecule has 0 radical (unpaired) electrons. The molecule has 50 heavy (non-hydrogen) atoms. The number of anilines is 3. The largest absolute Gasteiger partial charge is 0.395 e. The van der Waals surface area contributed by atoms with Crippen LogP contribution in [0.1, 0.15) is 53.6 Å². The van der Waals surface area contributed by atoms with Crippen molar-refractivity contribution < 1.29 is 19.8 Å². The van der Waals surface area contributed by atoms with Gasteiger partial charge in [-0.25, -0.2) is 0 Å². The normalized spacial score (nSPS) is 18.4. The van der Waals surface area contributed by atoms with Crippen LogP contribution in [0.3, 0.4) is 0 Å². The Balaban J connectivity index is 1.07. The third kappa shape index (κ3) is 6.30. The smallest absolute Gasteiger partial charge is 0.264 e. The molecular weight excluding hydrogens is 694 g/mol. The van der Waals surface area contributed by atoms with Gasteiger partial charge in [0.25, 0.3) is 5.91 Å². The van der Waals surface area contributed by atoms with E-state index in [9.17, 15) is 19.8 Å². The lowest BCUT2D eigenvalue weighted by atomic mass is 9.83. The number of aromatic nitrogens is 3. The summed E-state index contributed by atoms with van der Waals surface area (Å²) in [6, 6.07) is 30.9. The number of allylic oxidation sites excluding steroid dienone is 1. The molecule has 0 fully saturated rings. The fraction of sp³-hybridized carbons (Fsp3) is 0.250. The fourth-order valence-corrected chi connectivity index (χ4v) is 7.41. The zero-order chi connectivity index (χ0) is 34.8. The monoisotopic (exact) mass is 731 g/mol. The number of benzene rings is 4. The molecule has 0 aliphatic carbocycles. The number of aryl methyl sites for hydroxylation is 2. The number of rotatable bonds is 11. The number of aliphatic hydroxyl groups excluding tert-OH is 1. The third-order valence-electron chi connectivity index (χ3n) is 9.74. The molecule has 5 aromatic rings. The van der Waals surface area contributed by atoms with Gasteiger partial charge in [0.2, 0.25) is 5.91 Å². The van der Waals surface area contributed by atoms with Crippen LogP contribution in [0.2, 0.25) is 0 Å². The third-order valence-corrected chi connectivity index (χ3v) is 10.2. The van der Waals surface area contributed by atoms with Crippen molar-refractivity contribution in [3.8, 4) is 0 Å². The summed E-state index contributed by atoms with van der Waals surface area (Å²) in [5.74, 6) is -1.15. The van der Waals surface area contributed by atoms with Crippen LogP contribution < -0.4 is 9.80 Å². The summed E-state index contributed by atoms with van der Waals surface area (Å²) in [4.78, 5) is 30.7. The first kappa shape index (κ1) is 33.6. The summed E-state index contributed by atoms with van der Waals surface area (Å²) in [7, 11) is 0. The summed E-state index contributed by atoms with van der Waals surface area (Å²) in [5, 5.41) is 30.8. The average Bonchev–Trinajstić information content (AvgIpc) is 3.68. The van der Waals surface area contributed by atoms with Gasteiger partial charge in [0.15, 0.2) is 5.60 Å². The van der Waals surface area contributed by atoms with Crippen LogP contribution in [0.25, 0.3) is 0 Å². The lowest BCUT2D eigenvalue weighted by Gasteiger charge is -2.30. The Kier molecular flexibility index (Phi) is 9.50. The molecule has 1 unspecified atom stereocenters. The lowest BCUT2D eigenvalue weighted by molar-refractivity contribution is -0.139. The van der Waals surface area contributed by atoms with Crippen LogP contribution in [0.15, 0.2) is 120 Å². The van der Waals surface area contributed by atoms with E-state index in [4.69, 9.17) is 0 Å². The van der Waals surface area contributed by atoms with E-state index in [-0.39, 0.29) is 25.0 Å². The highest BCUT2D eigenvalue weighted by Gasteiger charge is 2.52. The van der Waals surface area contributed by atoms with Crippen LogP contribution in [-0.2, 0) is 34.7 Å². The maximum Gasteiger partial charge on any atom is 0.264 e. The second-order valence-electron chi connectivity index (χ2n) is 12.9. The summed E-state index contributed by atoms with van der Waals surface area (Å²) in [5.41, 5.74) is 4.69. The second kappa shape index (κ2) is 14.1. The van der Waals surface area contributed by atoms with Gasteiger partial charge in [0.1, 0.15) is 0 Å². The topological polar surface area (TPSA) is 112 Å². The summed E-state index contributed by atoms with van der Waals surface area (Å²) >= 11 is 3.54. The summed E-state index contributed by atoms with van der Waals surface area (Å²) in [6.45, 7) is 2.56. The van der Waals surface area contributed by atoms with E-state index in [1.54, 1.807) is 14.5 Å². The fourth-order valence-electron chi connectivity index (χ4n) is 7.05. The van der Waals surface area contributed by atoms with Crippen LogP contribution in [0.4, 0.5) is 17.1 Å². The average molecular weight is 733 g/mol. The molecule has 0 saturated heterocycles. The van der Waals surface area contributed by atoms with Gasteiger partial charge < -0.3 is 15.1 Å². The molecule has 10 heteroatoms. The number of nitrogens with zero attached hydrogens (tertiary/aromatic N) is 5. The number of carbonyl (C=O) groups excluding carboxylic acids is 2. The Morgan fingerprint density at radius 3 is 2.56 bits per heavy atom. The van der Waals surface area contributed by atoms with Gasteiger partial charge in [-0.15, -0.1) is 5.10 Å². The molecule has 254 valence electrons. The number of amides is 2. The Morgan fingerprint density at radius 2 is 1.74 bits per heavy atom. The van der Waals surface area contributed by atoms with Crippen LogP contribution >= 0.6 is 15.9 Å². The number of halogens is 1. The molecule has 2 aliphatic rings. The van der Waals surface area contributed by atoms with Gasteiger partial charge in [0, 0.05) is 40.8 Å². The maximum atomic E-state index is 14.2. The highest BCUT2D eigenvalue weighted by atomic mass is 79.9. The minimum Gasteiger partial charge on any atom is -0.395 e. The molecular formula is C40H38BrN5O4. The van der Waals surface area contributed by atoms with Gasteiger partial charge >= 0.3 is 0 Å². The number of para-hydroxylation sites is 1. The van der Waals surface area contributed by atoms with E-state index < -0.39 is 17.4 Å². The first-order chi connectivity index (χ1) is 24.3. The zero-order valence-corrected chi connectivity index (χ0v) is 29.3. The number of carbonyl (C=O) groups is 2.